The summed E-state index contributed by atoms with van der Waals surface area (Å²) in [5.74, 6) is -0.0539. The topological polar surface area (TPSA) is 80.5 Å². The zero-order valence-electron chi connectivity index (χ0n) is 11.5. The van der Waals surface area contributed by atoms with Crippen molar-refractivity contribution in [1.82, 2.24) is 4.90 Å². The minimum atomic E-state index is -3.25. The summed E-state index contributed by atoms with van der Waals surface area (Å²) in [6, 6.07) is -0.103. The van der Waals surface area contributed by atoms with E-state index in [4.69, 9.17) is 5.73 Å². The molecule has 0 spiro atoms. The summed E-state index contributed by atoms with van der Waals surface area (Å²) in [7, 11) is -3.25. The van der Waals surface area contributed by atoms with Crippen molar-refractivity contribution >= 4 is 15.7 Å². The van der Waals surface area contributed by atoms with E-state index in [1.807, 2.05) is 6.92 Å². The first-order valence-corrected chi connectivity index (χ1v) is 8.92. The molecule has 110 valence electrons. The maximum atomic E-state index is 12.6. The van der Waals surface area contributed by atoms with Gasteiger partial charge in [0.1, 0.15) is 5.25 Å². The van der Waals surface area contributed by atoms with E-state index in [0.29, 0.717) is 19.4 Å². The fourth-order valence-corrected chi connectivity index (χ4v) is 5.05. The molecule has 2 rings (SSSR count). The summed E-state index contributed by atoms with van der Waals surface area (Å²) in [6.07, 6.45) is 4.88. The van der Waals surface area contributed by atoms with Crippen LogP contribution in [0.4, 0.5) is 0 Å². The number of piperidine rings is 1. The number of nitrogens with two attached hydrogens (primary N) is 1. The largest absolute Gasteiger partial charge is 0.337 e. The fraction of sp³-hybridized carbons (Fsp3) is 0.923. The first-order valence-electron chi connectivity index (χ1n) is 7.21. The van der Waals surface area contributed by atoms with Gasteiger partial charge in [0.2, 0.25) is 5.91 Å². The highest BCUT2D eigenvalue weighted by Gasteiger charge is 2.40. The molecule has 0 saturated carbocycles. The second kappa shape index (κ2) is 5.79. The fourth-order valence-electron chi connectivity index (χ4n) is 3.19. The third-order valence-electron chi connectivity index (χ3n) is 4.29. The number of sulfone groups is 1. The number of hydrogen-bond donors (Lipinski definition) is 1. The van der Waals surface area contributed by atoms with E-state index in [2.05, 4.69) is 0 Å². The summed E-state index contributed by atoms with van der Waals surface area (Å²) < 4.78 is 24.1. The van der Waals surface area contributed by atoms with Crippen LogP contribution in [0.3, 0.4) is 0 Å². The Balaban J connectivity index is 2.17. The number of nitrogens with zero attached hydrogens (tertiary/aromatic N) is 1. The third-order valence-corrected chi connectivity index (χ3v) is 6.46. The number of rotatable bonds is 2. The Bertz CT molecular complexity index is 433. The molecule has 0 bridgehead atoms. The number of hydrogen-bond acceptors (Lipinski definition) is 4. The molecule has 2 aliphatic heterocycles. The van der Waals surface area contributed by atoms with E-state index in [-0.39, 0.29) is 23.7 Å². The van der Waals surface area contributed by atoms with Gasteiger partial charge < -0.3 is 10.6 Å². The van der Waals surface area contributed by atoms with Gasteiger partial charge in [0.25, 0.3) is 0 Å². The molecular weight excluding hydrogens is 264 g/mol. The molecule has 0 aromatic rings. The van der Waals surface area contributed by atoms with Crippen LogP contribution < -0.4 is 5.73 Å². The lowest BCUT2D eigenvalue weighted by Gasteiger charge is -2.40. The van der Waals surface area contributed by atoms with E-state index in [1.165, 1.54) is 0 Å². The molecule has 0 aromatic carbocycles. The molecule has 3 unspecified atom stereocenters. The van der Waals surface area contributed by atoms with E-state index >= 15 is 0 Å². The number of carbonyl (C=O) groups excluding carboxylic acids is 1. The first kappa shape index (κ1) is 14.8. The monoisotopic (exact) mass is 288 g/mol. The van der Waals surface area contributed by atoms with Crippen molar-refractivity contribution in [1.29, 1.82) is 0 Å². The molecule has 3 atom stereocenters. The van der Waals surface area contributed by atoms with Crippen LogP contribution in [0.5, 0.6) is 0 Å². The molecule has 0 radical (unpaired) electrons. The van der Waals surface area contributed by atoms with Gasteiger partial charge in [-0.2, -0.15) is 0 Å². The molecule has 2 aliphatic rings. The maximum absolute atomic E-state index is 12.6. The van der Waals surface area contributed by atoms with E-state index in [0.717, 1.165) is 25.7 Å². The van der Waals surface area contributed by atoms with Gasteiger partial charge in [-0.15, -0.1) is 0 Å². The van der Waals surface area contributed by atoms with Gasteiger partial charge in [0.05, 0.1) is 5.75 Å². The molecule has 6 heteroatoms. The molecule has 2 N–H and O–H groups in total. The van der Waals surface area contributed by atoms with Crippen LogP contribution in [0.25, 0.3) is 0 Å². The molecular formula is C13H24N2O3S. The minimum Gasteiger partial charge on any atom is -0.337 e. The van der Waals surface area contributed by atoms with Gasteiger partial charge in [-0.05, 0) is 39.0 Å². The van der Waals surface area contributed by atoms with Gasteiger partial charge in [-0.25, -0.2) is 8.42 Å². The van der Waals surface area contributed by atoms with Gasteiger partial charge in [-0.3, -0.25) is 4.79 Å². The normalized spacial score (nSPS) is 32.8. The average Bonchev–Trinajstić information content (AvgIpc) is 2.37. The minimum absolute atomic E-state index is 0.00150. The molecule has 1 amide bonds. The summed E-state index contributed by atoms with van der Waals surface area (Å²) in [5, 5.41) is -0.819. The van der Waals surface area contributed by atoms with E-state index in [1.54, 1.807) is 4.90 Å². The second-order valence-electron chi connectivity index (χ2n) is 5.81. The standard InChI is InChI=1S/C13H24N2O3S/c1-10(14)11-6-2-4-8-15(11)13(16)12-7-3-5-9-19(12,17)18/h10-12H,2-9,14H2,1H3. The van der Waals surface area contributed by atoms with Crippen LogP contribution in [0.1, 0.15) is 45.4 Å². The van der Waals surface area contributed by atoms with Crippen molar-refractivity contribution in [2.24, 2.45) is 5.73 Å². The van der Waals surface area contributed by atoms with Crippen LogP contribution >= 0.6 is 0 Å². The van der Waals surface area contributed by atoms with Gasteiger partial charge in [0, 0.05) is 18.6 Å². The predicted molar refractivity (Wildman–Crippen MR) is 74.4 cm³/mol. The Morgan fingerprint density at radius 1 is 1.21 bits per heavy atom. The Kier molecular flexibility index (Phi) is 4.50. The smallest absolute Gasteiger partial charge is 0.241 e. The number of likely N-dealkylation sites (tertiary alicyclic amines) is 1. The van der Waals surface area contributed by atoms with Crippen molar-refractivity contribution in [3.63, 3.8) is 0 Å². The summed E-state index contributed by atoms with van der Waals surface area (Å²) in [4.78, 5) is 14.3. The Morgan fingerprint density at radius 2 is 1.89 bits per heavy atom. The van der Waals surface area contributed by atoms with Crippen molar-refractivity contribution in [2.45, 2.75) is 62.8 Å². The highest BCUT2D eigenvalue weighted by atomic mass is 32.2. The first-order chi connectivity index (χ1) is 8.93. The van der Waals surface area contributed by atoms with Gasteiger partial charge in [-0.1, -0.05) is 6.42 Å². The predicted octanol–water partition coefficient (Wildman–Crippen LogP) is 0.682. The van der Waals surface area contributed by atoms with Crippen LogP contribution in [0.2, 0.25) is 0 Å². The Hall–Kier alpha value is -0.620. The maximum Gasteiger partial charge on any atom is 0.241 e. The molecule has 5 nitrogen and oxygen atoms in total. The zero-order chi connectivity index (χ0) is 14.0. The van der Waals surface area contributed by atoms with Gasteiger partial charge >= 0.3 is 0 Å². The van der Waals surface area contributed by atoms with Crippen molar-refractivity contribution in [3.05, 3.63) is 0 Å². The Morgan fingerprint density at radius 3 is 2.53 bits per heavy atom. The summed E-state index contributed by atoms with van der Waals surface area (Å²) >= 11 is 0. The quantitative estimate of drug-likeness (QED) is 0.810. The lowest BCUT2D eigenvalue weighted by Crippen LogP contribution is -2.56. The average molecular weight is 288 g/mol. The summed E-state index contributed by atoms with van der Waals surface area (Å²) in [6.45, 7) is 2.54. The number of amides is 1. The van der Waals surface area contributed by atoms with Crippen LogP contribution in [0, 0.1) is 0 Å². The molecule has 0 aromatic heterocycles. The van der Waals surface area contributed by atoms with Crippen molar-refractivity contribution < 1.29 is 13.2 Å². The lowest BCUT2D eigenvalue weighted by atomic mass is 9.96. The highest BCUT2D eigenvalue weighted by Crippen LogP contribution is 2.26. The molecule has 2 fully saturated rings. The van der Waals surface area contributed by atoms with Crippen molar-refractivity contribution in [3.8, 4) is 0 Å². The highest BCUT2D eigenvalue weighted by molar-refractivity contribution is 7.92. The molecule has 19 heavy (non-hydrogen) atoms. The molecule has 0 aliphatic carbocycles. The molecule has 2 heterocycles. The lowest BCUT2D eigenvalue weighted by molar-refractivity contribution is -0.135. The SMILES string of the molecule is CC(N)C1CCCCN1C(=O)C1CCCCS1(=O)=O. The van der Waals surface area contributed by atoms with Gasteiger partial charge in [0.15, 0.2) is 9.84 Å². The van der Waals surface area contributed by atoms with Crippen LogP contribution in [-0.4, -0.2) is 48.9 Å². The third kappa shape index (κ3) is 3.11. The van der Waals surface area contributed by atoms with E-state index in [9.17, 15) is 13.2 Å². The van der Waals surface area contributed by atoms with Crippen LogP contribution in [0.15, 0.2) is 0 Å². The van der Waals surface area contributed by atoms with Crippen LogP contribution in [-0.2, 0) is 14.6 Å². The summed E-state index contributed by atoms with van der Waals surface area (Å²) in [5.41, 5.74) is 5.95. The van der Waals surface area contributed by atoms with Crippen molar-refractivity contribution in [2.75, 3.05) is 12.3 Å². The zero-order valence-corrected chi connectivity index (χ0v) is 12.4. The second-order valence-corrected chi connectivity index (χ2v) is 8.11. The Labute approximate surface area is 115 Å². The van der Waals surface area contributed by atoms with E-state index < -0.39 is 15.1 Å². The molecule has 2 saturated heterocycles. The number of carbonyl (C=O) groups is 1.